The lowest BCUT2D eigenvalue weighted by molar-refractivity contribution is 0.0995. The minimum Gasteiger partial charge on any atom is -0.478 e. The monoisotopic (exact) mass is 257 g/mol. The van der Waals surface area contributed by atoms with Crippen LogP contribution in [0.15, 0.2) is 12.3 Å². The number of aromatic nitrogens is 2. The molecule has 0 saturated heterocycles. The van der Waals surface area contributed by atoms with Gasteiger partial charge in [-0.05, 0) is 20.1 Å². The largest absolute Gasteiger partial charge is 0.478 e. The third-order valence-electron chi connectivity index (χ3n) is 2.00. The Kier molecular flexibility index (Phi) is 5.50. The van der Waals surface area contributed by atoms with Crippen molar-refractivity contribution in [3.8, 4) is 5.88 Å². The second-order valence-electron chi connectivity index (χ2n) is 3.94. The predicted octanol–water partition coefficient (Wildman–Crippen LogP) is 1.40. The van der Waals surface area contributed by atoms with Crippen molar-refractivity contribution in [2.45, 2.75) is 19.4 Å². The van der Waals surface area contributed by atoms with Crippen molar-refractivity contribution in [1.29, 1.82) is 0 Å². The molecule has 0 aromatic carbocycles. The summed E-state index contributed by atoms with van der Waals surface area (Å²) in [6, 6.07) is 1.70. The summed E-state index contributed by atoms with van der Waals surface area (Å²) in [6.45, 7) is 4.66. The van der Waals surface area contributed by atoms with Crippen molar-refractivity contribution < 1.29 is 9.84 Å². The molecule has 96 valence electrons. The number of rotatable bonds is 7. The number of hydrogen-bond acceptors (Lipinski definition) is 6. The Bertz CT molecular complexity index is 347. The SMILES string of the molecule is CCOc1ccnc(NCC(C)(O)CSC)n1. The molecule has 1 rings (SSSR count). The van der Waals surface area contributed by atoms with Gasteiger partial charge in [0.2, 0.25) is 11.8 Å². The lowest BCUT2D eigenvalue weighted by Crippen LogP contribution is -2.36. The Labute approximate surface area is 106 Å². The molecule has 2 N–H and O–H groups in total. The minimum atomic E-state index is -0.773. The summed E-state index contributed by atoms with van der Waals surface area (Å²) in [6.07, 6.45) is 3.59. The molecule has 0 bridgehead atoms. The van der Waals surface area contributed by atoms with Crippen molar-refractivity contribution in [1.82, 2.24) is 9.97 Å². The fourth-order valence-corrected chi connectivity index (χ4v) is 2.01. The number of nitrogens with zero attached hydrogens (tertiary/aromatic N) is 2. The van der Waals surface area contributed by atoms with Crippen LogP contribution in [0.3, 0.4) is 0 Å². The van der Waals surface area contributed by atoms with Crippen LogP contribution in [0, 0.1) is 0 Å². The van der Waals surface area contributed by atoms with E-state index < -0.39 is 5.60 Å². The maximum atomic E-state index is 9.98. The Balaban J connectivity index is 2.53. The molecular formula is C11H19N3O2S. The van der Waals surface area contributed by atoms with E-state index in [4.69, 9.17) is 4.74 Å². The Morgan fingerprint density at radius 2 is 2.35 bits per heavy atom. The summed E-state index contributed by atoms with van der Waals surface area (Å²) in [4.78, 5) is 8.23. The summed E-state index contributed by atoms with van der Waals surface area (Å²) >= 11 is 1.60. The molecule has 1 aromatic heterocycles. The molecule has 5 nitrogen and oxygen atoms in total. The molecule has 0 aliphatic rings. The van der Waals surface area contributed by atoms with Crippen LogP contribution in [0.1, 0.15) is 13.8 Å². The van der Waals surface area contributed by atoms with Gasteiger partial charge in [-0.15, -0.1) is 0 Å². The maximum Gasteiger partial charge on any atom is 0.226 e. The summed E-state index contributed by atoms with van der Waals surface area (Å²) < 4.78 is 5.27. The molecule has 0 aliphatic carbocycles. The van der Waals surface area contributed by atoms with E-state index in [0.717, 1.165) is 0 Å². The second-order valence-corrected chi connectivity index (χ2v) is 4.80. The second kappa shape index (κ2) is 6.66. The number of aliphatic hydroxyl groups is 1. The first-order valence-corrected chi connectivity index (χ1v) is 6.88. The van der Waals surface area contributed by atoms with Crippen molar-refractivity contribution >= 4 is 17.7 Å². The smallest absolute Gasteiger partial charge is 0.226 e. The zero-order valence-electron chi connectivity index (χ0n) is 10.4. The molecule has 0 spiro atoms. The molecular weight excluding hydrogens is 238 g/mol. The van der Waals surface area contributed by atoms with Crippen LogP contribution in [0.5, 0.6) is 5.88 Å². The van der Waals surface area contributed by atoms with Crippen LogP contribution in [0.2, 0.25) is 0 Å². The molecule has 0 radical (unpaired) electrons. The van der Waals surface area contributed by atoms with Gasteiger partial charge in [0.25, 0.3) is 0 Å². The first-order valence-electron chi connectivity index (χ1n) is 5.48. The first kappa shape index (κ1) is 14.1. The number of hydrogen-bond donors (Lipinski definition) is 2. The van der Waals surface area contributed by atoms with Crippen LogP contribution < -0.4 is 10.1 Å². The fraction of sp³-hybridized carbons (Fsp3) is 0.636. The lowest BCUT2D eigenvalue weighted by Gasteiger charge is -2.22. The standard InChI is InChI=1S/C11H19N3O2S/c1-4-16-9-5-6-12-10(14-9)13-7-11(2,15)8-17-3/h5-6,15H,4,7-8H2,1-3H3,(H,12,13,14). The number of anilines is 1. The van der Waals surface area contributed by atoms with E-state index in [9.17, 15) is 5.11 Å². The average Bonchev–Trinajstić information content (AvgIpc) is 2.28. The van der Waals surface area contributed by atoms with Gasteiger partial charge >= 0.3 is 0 Å². The molecule has 0 saturated carbocycles. The zero-order valence-corrected chi connectivity index (χ0v) is 11.3. The third-order valence-corrected chi connectivity index (χ3v) is 2.92. The highest BCUT2D eigenvalue weighted by Gasteiger charge is 2.19. The van der Waals surface area contributed by atoms with Gasteiger partial charge in [0, 0.05) is 24.6 Å². The number of ether oxygens (including phenoxy) is 1. The molecule has 6 heteroatoms. The maximum absolute atomic E-state index is 9.98. The van der Waals surface area contributed by atoms with Gasteiger partial charge in [-0.25, -0.2) is 4.98 Å². The van der Waals surface area contributed by atoms with Gasteiger partial charge in [-0.1, -0.05) is 0 Å². The van der Waals surface area contributed by atoms with Crippen molar-refractivity contribution in [3.63, 3.8) is 0 Å². The molecule has 1 aromatic rings. The van der Waals surface area contributed by atoms with Gasteiger partial charge in [-0.3, -0.25) is 0 Å². The summed E-state index contributed by atoms with van der Waals surface area (Å²) in [5.41, 5.74) is -0.773. The van der Waals surface area contributed by atoms with Crippen LogP contribution >= 0.6 is 11.8 Å². The quantitative estimate of drug-likeness (QED) is 0.769. The highest BCUT2D eigenvalue weighted by atomic mass is 32.2. The van der Waals surface area contributed by atoms with E-state index >= 15 is 0 Å². The third kappa shape index (κ3) is 5.23. The highest BCUT2D eigenvalue weighted by Crippen LogP contribution is 2.13. The van der Waals surface area contributed by atoms with E-state index in [1.807, 2.05) is 13.2 Å². The zero-order chi connectivity index (χ0) is 12.7. The molecule has 1 heterocycles. The van der Waals surface area contributed by atoms with Crippen LogP contribution in [-0.4, -0.2) is 45.8 Å². The van der Waals surface area contributed by atoms with Gasteiger partial charge in [0.1, 0.15) is 0 Å². The van der Waals surface area contributed by atoms with Gasteiger partial charge in [0.15, 0.2) is 0 Å². The molecule has 1 unspecified atom stereocenters. The van der Waals surface area contributed by atoms with Crippen molar-refractivity contribution in [2.24, 2.45) is 0 Å². The van der Waals surface area contributed by atoms with Crippen molar-refractivity contribution in [2.75, 3.05) is 30.5 Å². The summed E-state index contributed by atoms with van der Waals surface area (Å²) in [5.74, 6) is 1.66. The van der Waals surface area contributed by atoms with Gasteiger partial charge in [-0.2, -0.15) is 16.7 Å². The van der Waals surface area contributed by atoms with Crippen LogP contribution in [-0.2, 0) is 0 Å². The molecule has 0 fully saturated rings. The van der Waals surface area contributed by atoms with E-state index in [1.54, 1.807) is 30.9 Å². The topological polar surface area (TPSA) is 67.3 Å². The highest BCUT2D eigenvalue weighted by molar-refractivity contribution is 7.98. The average molecular weight is 257 g/mol. The Hall–Kier alpha value is -1.01. The van der Waals surface area contributed by atoms with Gasteiger partial charge in [0.05, 0.1) is 12.2 Å². The Morgan fingerprint density at radius 3 is 3.00 bits per heavy atom. The lowest BCUT2D eigenvalue weighted by atomic mass is 10.1. The summed E-state index contributed by atoms with van der Waals surface area (Å²) in [7, 11) is 0. The van der Waals surface area contributed by atoms with Crippen LogP contribution in [0.25, 0.3) is 0 Å². The Morgan fingerprint density at radius 1 is 1.59 bits per heavy atom. The number of nitrogens with one attached hydrogen (secondary N) is 1. The van der Waals surface area contributed by atoms with E-state index in [2.05, 4.69) is 15.3 Å². The molecule has 0 amide bonds. The summed E-state index contributed by atoms with van der Waals surface area (Å²) in [5, 5.41) is 13.0. The number of thioether (sulfide) groups is 1. The molecule has 0 aliphatic heterocycles. The molecule has 1 atom stereocenters. The van der Waals surface area contributed by atoms with E-state index in [-0.39, 0.29) is 0 Å². The van der Waals surface area contributed by atoms with Crippen molar-refractivity contribution in [3.05, 3.63) is 12.3 Å². The minimum absolute atomic E-state index is 0.406. The fourth-order valence-electron chi connectivity index (χ4n) is 1.29. The van der Waals surface area contributed by atoms with Gasteiger partial charge < -0.3 is 15.2 Å². The first-order chi connectivity index (χ1) is 8.07. The van der Waals surface area contributed by atoms with E-state index in [0.29, 0.717) is 30.7 Å². The predicted molar refractivity (Wildman–Crippen MR) is 70.7 cm³/mol. The van der Waals surface area contributed by atoms with E-state index in [1.165, 1.54) is 0 Å². The molecule has 17 heavy (non-hydrogen) atoms. The normalized spacial score (nSPS) is 14.1. The van der Waals surface area contributed by atoms with Crippen LogP contribution in [0.4, 0.5) is 5.95 Å².